The van der Waals surface area contributed by atoms with E-state index in [1.807, 2.05) is 21.1 Å². The second-order valence-electron chi connectivity index (χ2n) is 26.9. The highest BCUT2D eigenvalue weighted by Crippen LogP contribution is 2.18. The minimum atomic E-state index is -1.63. The van der Waals surface area contributed by atoms with Crippen LogP contribution in [0.1, 0.15) is 322 Å². The number of carboxylic acids is 1. The van der Waals surface area contributed by atoms with Crippen molar-refractivity contribution in [1.29, 1.82) is 0 Å². The molecule has 0 fully saturated rings. The number of carbonyl (C=O) groups excluding carboxylic acids is 3. The molecule has 0 aromatic heterocycles. The molecule has 0 amide bonds. The molecule has 0 aromatic rings. The highest BCUT2D eigenvalue weighted by molar-refractivity contribution is 5.70. The number of carbonyl (C=O) groups is 3. The van der Waals surface area contributed by atoms with E-state index in [1.165, 1.54) is 173 Å². The Labute approximate surface area is 585 Å². The van der Waals surface area contributed by atoms with Gasteiger partial charge in [0.15, 0.2) is 12.4 Å². The molecular weight excluding hydrogens is 1170 g/mol. The number of esters is 2. The van der Waals surface area contributed by atoms with Crippen LogP contribution in [-0.4, -0.2) is 82.3 Å². The largest absolute Gasteiger partial charge is 0.545 e. The van der Waals surface area contributed by atoms with Crippen molar-refractivity contribution in [2.75, 3.05) is 47.5 Å². The molecule has 9 nitrogen and oxygen atoms in total. The van der Waals surface area contributed by atoms with Crippen LogP contribution in [0.5, 0.6) is 0 Å². The fourth-order valence-corrected chi connectivity index (χ4v) is 10.7. The molecule has 0 N–H and O–H groups in total. The van der Waals surface area contributed by atoms with Gasteiger partial charge in [-0.15, -0.1) is 0 Å². The van der Waals surface area contributed by atoms with Crippen LogP contribution < -0.4 is 5.11 Å². The Balaban J connectivity index is 4.05. The number of unbranched alkanes of at least 4 members (excludes halogenated alkanes) is 32. The number of allylic oxidation sites excluding steroid dienone is 24. The summed E-state index contributed by atoms with van der Waals surface area (Å²) in [5.74, 6) is -2.28. The Kier molecular flexibility index (Phi) is 71.1. The lowest BCUT2D eigenvalue weighted by atomic mass is 10.0. The molecule has 2 atom stereocenters. The summed E-state index contributed by atoms with van der Waals surface area (Å²) in [6.07, 6.45) is 107. The lowest BCUT2D eigenvalue weighted by Gasteiger charge is -2.26. The molecule has 0 saturated carbocycles. The van der Waals surface area contributed by atoms with Crippen molar-refractivity contribution in [2.45, 2.75) is 334 Å². The number of quaternary nitrogens is 1. The summed E-state index contributed by atoms with van der Waals surface area (Å²) in [6.45, 7) is 4.55. The van der Waals surface area contributed by atoms with Gasteiger partial charge in [-0.1, -0.05) is 339 Å². The summed E-state index contributed by atoms with van der Waals surface area (Å²) in [7, 11) is 5.94. The number of aliphatic carboxylic acids is 1. The zero-order valence-electron chi connectivity index (χ0n) is 62.0. The summed E-state index contributed by atoms with van der Waals surface area (Å²) in [6, 6.07) is 0. The van der Waals surface area contributed by atoms with Crippen molar-refractivity contribution in [3.8, 4) is 0 Å². The summed E-state index contributed by atoms with van der Waals surface area (Å²) in [5.41, 5.74) is 0. The quantitative estimate of drug-likeness (QED) is 0.0195. The molecule has 9 heteroatoms. The van der Waals surface area contributed by atoms with Crippen molar-refractivity contribution in [2.24, 2.45) is 0 Å². The van der Waals surface area contributed by atoms with Crippen LogP contribution in [0.4, 0.5) is 0 Å². The van der Waals surface area contributed by atoms with Crippen molar-refractivity contribution in [3.63, 3.8) is 0 Å². The van der Waals surface area contributed by atoms with Gasteiger partial charge in [-0.3, -0.25) is 9.59 Å². The monoisotopic (exact) mass is 1320 g/mol. The average Bonchev–Trinajstić information content (AvgIpc) is 3.54. The Hall–Kier alpha value is -4.83. The van der Waals surface area contributed by atoms with Crippen molar-refractivity contribution in [1.82, 2.24) is 0 Å². The molecule has 2 unspecified atom stereocenters. The Bertz CT molecular complexity index is 2080. The van der Waals surface area contributed by atoms with E-state index >= 15 is 0 Å². The Morgan fingerprint density at radius 2 is 0.568 bits per heavy atom. The van der Waals surface area contributed by atoms with Crippen LogP contribution in [0.2, 0.25) is 0 Å². The third-order valence-electron chi connectivity index (χ3n) is 16.6. The van der Waals surface area contributed by atoms with E-state index in [0.717, 1.165) is 116 Å². The van der Waals surface area contributed by atoms with Crippen molar-refractivity contribution >= 4 is 17.9 Å². The maximum absolute atomic E-state index is 13.0. The zero-order valence-corrected chi connectivity index (χ0v) is 62.0. The molecule has 0 aliphatic carbocycles. The van der Waals surface area contributed by atoms with Crippen LogP contribution in [0.15, 0.2) is 146 Å². The fourth-order valence-electron chi connectivity index (χ4n) is 10.7. The highest BCUT2D eigenvalue weighted by Gasteiger charge is 2.22. The van der Waals surface area contributed by atoms with Gasteiger partial charge in [0.05, 0.1) is 40.3 Å². The van der Waals surface area contributed by atoms with Crippen LogP contribution >= 0.6 is 0 Å². The summed E-state index contributed by atoms with van der Waals surface area (Å²) in [5, 5.41) is 11.9. The van der Waals surface area contributed by atoms with Crippen LogP contribution in [0, 0.1) is 0 Å². The Morgan fingerprint density at radius 1 is 0.316 bits per heavy atom. The van der Waals surface area contributed by atoms with Gasteiger partial charge >= 0.3 is 11.9 Å². The third kappa shape index (κ3) is 76.4. The predicted octanol–water partition coefficient (Wildman–Crippen LogP) is 23.7. The second-order valence-corrected chi connectivity index (χ2v) is 26.9. The second kappa shape index (κ2) is 75.0. The van der Waals surface area contributed by atoms with Gasteiger partial charge < -0.3 is 33.3 Å². The fraction of sp³-hybridized carbons (Fsp3) is 0.686. The molecule has 0 bridgehead atoms. The van der Waals surface area contributed by atoms with E-state index in [-0.39, 0.29) is 38.6 Å². The average molecular weight is 1320 g/mol. The normalized spacial score (nSPS) is 13.5. The molecule has 95 heavy (non-hydrogen) atoms. The molecule has 0 saturated heterocycles. The van der Waals surface area contributed by atoms with Gasteiger partial charge in [0.1, 0.15) is 13.2 Å². The SMILES string of the molecule is CC/C=C\C/C=C\C/C=C\C/C=C\C/C=C\C/C=C\C/C=C\C/C=C\CCCCCCCCCCCCCCCCCCC(=O)OC(COC(=O)CCCCCCCCCCCCCCCCCC/C=C\C/C=C\C/C=C\C/C=C\CC)COC(OCC[N+](C)(C)C)C(=O)[O-]. The van der Waals surface area contributed by atoms with Crippen molar-refractivity contribution in [3.05, 3.63) is 146 Å². The molecule has 0 aromatic carbocycles. The molecule has 0 rings (SSSR count). The number of rotatable bonds is 71. The van der Waals surface area contributed by atoms with Gasteiger partial charge in [0.2, 0.25) is 0 Å². The van der Waals surface area contributed by atoms with Gasteiger partial charge in [-0.05, 0) is 116 Å². The first kappa shape index (κ1) is 90.2. The number of ether oxygens (including phenoxy) is 4. The predicted molar refractivity (Wildman–Crippen MR) is 407 cm³/mol. The topological polar surface area (TPSA) is 111 Å². The minimum absolute atomic E-state index is 0.144. The molecule has 0 heterocycles. The van der Waals surface area contributed by atoms with E-state index in [4.69, 9.17) is 18.9 Å². The summed E-state index contributed by atoms with van der Waals surface area (Å²) in [4.78, 5) is 37.6. The number of hydrogen-bond donors (Lipinski definition) is 0. The molecule has 0 aliphatic rings. The Morgan fingerprint density at radius 3 is 0.842 bits per heavy atom. The van der Waals surface area contributed by atoms with E-state index < -0.39 is 24.3 Å². The summed E-state index contributed by atoms with van der Waals surface area (Å²) < 4.78 is 22.9. The first-order valence-electron chi connectivity index (χ1n) is 39.0. The zero-order chi connectivity index (χ0) is 69.0. The number of nitrogens with zero attached hydrogens (tertiary/aromatic N) is 1. The maximum Gasteiger partial charge on any atom is 0.306 e. The van der Waals surface area contributed by atoms with Crippen LogP contribution in [-0.2, 0) is 33.3 Å². The van der Waals surface area contributed by atoms with E-state index in [2.05, 4.69) is 160 Å². The number of likely N-dealkylation sites (N-methyl/N-ethyl adjacent to an activating group) is 1. The smallest absolute Gasteiger partial charge is 0.306 e. The molecule has 542 valence electrons. The third-order valence-corrected chi connectivity index (χ3v) is 16.6. The molecule has 0 radical (unpaired) electrons. The number of carboxylic acid groups (broad SMARTS) is 1. The van der Waals surface area contributed by atoms with Crippen LogP contribution in [0.25, 0.3) is 0 Å². The van der Waals surface area contributed by atoms with E-state index in [9.17, 15) is 19.5 Å². The van der Waals surface area contributed by atoms with Crippen molar-refractivity contribution < 1.29 is 42.9 Å². The highest BCUT2D eigenvalue weighted by atomic mass is 16.7. The first-order valence-corrected chi connectivity index (χ1v) is 39.0. The van der Waals surface area contributed by atoms with Gasteiger partial charge in [-0.2, -0.15) is 0 Å². The molecule has 0 spiro atoms. The van der Waals surface area contributed by atoms with E-state index in [0.29, 0.717) is 17.4 Å². The van der Waals surface area contributed by atoms with E-state index in [1.54, 1.807) is 0 Å². The molecular formula is C86H145NO8. The lowest BCUT2D eigenvalue weighted by Crippen LogP contribution is -2.44. The maximum atomic E-state index is 13.0. The van der Waals surface area contributed by atoms with Gasteiger partial charge in [0.25, 0.3) is 0 Å². The van der Waals surface area contributed by atoms with Gasteiger partial charge in [-0.25, -0.2) is 0 Å². The minimum Gasteiger partial charge on any atom is -0.545 e. The lowest BCUT2D eigenvalue weighted by molar-refractivity contribution is -0.870. The van der Waals surface area contributed by atoms with Crippen LogP contribution in [0.3, 0.4) is 0 Å². The first-order chi connectivity index (χ1) is 46.6. The summed E-state index contributed by atoms with van der Waals surface area (Å²) >= 11 is 0. The standard InChI is InChI=1S/C86H145NO8/c1-6-8-10-12-14-16-18-20-22-24-26-28-30-32-34-36-37-38-39-40-41-42-43-44-45-46-47-49-51-53-55-57-59-61-63-65-67-69-71-73-75-77-84(89)95-82(81-94-86(85(90)91)92-79-78-87(3,4)5)80-93-83(88)76-74-72-70-68-66-64-62-60-58-56-54-52-50-48-35-33-31-29-27-25-23-21-19-17-15-13-11-9-7-2/h8-11,14-17,20-23,26-29,32,34,37-38,40-41,43-44,82,86H,6-7,12-13,18-19,24-25,30-31,33,35-36,39,42,45-81H2,1-5H3/b10-8-,11-9-,16-14-,17-15-,22-20-,23-21-,28-26-,29-27-,34-32-,38-37-,41-40-,44-43-. The molecule has 0 aliphatic heterocycles. The van der Waals surface area contributed by atoms with Gasteiger partial charge in [0, 0.05) is 12.8 Å². The number of hydrogen-bond acceptors (Lipinski definition) is 8.